The average Bonchev–Trinajstić information content (AvgIpc) is 2.40. The normalized spacial score (nSPS) is 11.4. The minimum Gasteiger partial charge on any atom is -0.487 e. The summed E-state index contributed by atoms with van der Waals surface area (Å²) in [4.78, 5) is -0.119. The Balaban J connectivity index is 2.15. The molecule has 0 unspecified atom stereocenters. The first-order chi connectivity index (χ1) is 9.77. The summed E-state index contributed by atoms with van der Waals surface area (Å²) in [6.07, 6.45) is 0. The van der Waals surface area contributed by atoms with Gasteiger partial charge in [-0.3, -0.25) is 0 Å². The lowest BCUT2D eigenvalue weighted by atomic mass is 10.2. The number of benzene rings is 2. The smallest absolute Gasteiger partial charge is 0.261 e. The second-order valence-electron chi connectivity index (χ2n) is 4.07. The zero-order valence-electron chi connectivity index (χ0n) is 10.3. The van der Waals surface area contributed by atoms with Crippen LogP contribution in [0.15, 0.2) is 41.3 Å². The lowest BCUT2D eigenvalue weighted by Gasteiger charge is -2.09. The molecule has 112 valence electrons. The molecule has 8 heteroatoms. The van der Waals surface area contributed by atoms with E-state index in [4.69, 9.17) is 38.6 Å². The van der Waals surface area contributed by atoms with Gasteiger partial charge in [0.2, 0.25) is 0 Å². The molecule has 0 radical (unpaired) electrons. The minimum absolute atomic E-state index is 0.00854. The van der Waals surface area contributed by atoms with Crippen molar-refractivity contribution in [3.05, 3.63) is 57.8 Å². The van der Waals surface area contributed by atoms with Gasteiger partial charge in [-0.05, 0) is 35.9 Å². The van der Waals surface area contributed by atoms with Crippen molar-refractivity contribution in [1.82, 2.24) is 0 Å². The summed E-state index contributed by atoms with van der Waals surface area (Å²) in [5, 5.41) is 0.0933. The predicted molar refractivity (Wildman–Crippen MR) is 80.2 cm³/mol. The van der Waals surface area contributed by atoms with Crippen LogP contribution in [0.3, 0.4) is 0 Å². The summed E-state index contributed by atoms with van der Waals surface area (Å²) in [6.45, 7) is 0.104. The van der Waals surface area contributed by atoms with Crippen molar-refractivity contribution in [3.63, 3.8) is 0 Å². The Morgan fingerprint density at radius 3 is 2.33 bits per heavy atom. The molecule has 0 saturated heterocycles. The maximum atomic E-state index is 13.0. The maximum Gasteiger partial charge on any atom is 0.261 e. The Morgan fingerprint density at radius 2 is 1.76 bits per heavy atom. The zero-order valence-corrected chi connectivity index (χ0v) is 13.4. The van der Waals surface area contributed by atoms with Gasteiger partial charge in [0.15, 0.2) is 0 Å². The van der Waals surface area contributed by atoms with Crippen LogP contribution in [0, 0.1) is 5.82 Å². The fraction of sp³-hybridized carbons (Fsp3) is 0.0769. The van der Waals surface area contributed by atoms with Gasteiger partial charge in [-0.2, -0.15) is 0 Å². The van der Waals surface area contributed by atoms with E-state index >= 15 is 0 Å². The maximum absolute atomic E-state index is 13.0. The van der Waals surface area contributed by atoms with E-state index in [1.165, 1.54) is 36.4 Å². The van der Waals surface area contributed by atoms with Crippen molar-refractivity contribution in [2.45, 2.75) is 11.5 Å². The Hall–Kier alpha value is -1.01. The van der Waals surface area contributed by atoms with Gasteiger partial charge in [-0.15, -0.1) is 0 Å². The largest absolute Gasteiger partial charge is 0.487 e. The van der Waals surface area contributed by atoms with Crippen molar-refractivity contribution in [3.8, 4) is 5.75 Å². The highest BCUT2D eigenvalue weighted by atomic mass is 35.7. The lowest BCUT2D eigenvalue weighted by molar-refractivity contribution is 0.306. The molecule has 2 aromatic carbocycles. The molecule has 0 heterocycles. The van der Waals surface area contributed by atoms with E-state index in [0.717, 1.165) is 0 Å². The first kappa shape index (κ1) is 16.4. The highest BCUT2D eigenvalue weighted by Gasteiger charge is 2.13. The number of ether oxygens (including phenoxy) is 1. The van der Waals surface area contributed by atoms with E-state index in [-0.39, 0.29) is 27.3 Å². The molecule has 0 aliphatic heterocycles. The molecule has 0 aliphatic rings. The minimum atomic E-state index is -3.85. The third-order valence-corrected chi connectivity index (χ3v) is 4.50. The Morgan fingerprint density at radius 1 is 1.05 bits per heavy atom. The van der Waals surface area contributed by atoms with Crippen LogP contribution in [0.25, 0.3) is 0 Å². The molecular weight excluding hydrogens is 362 g/mol. The summed E-state index contributed by atoms with van der Waals surface area (Å²) in [6, 6.07) is 8.04. The third-order valence-electron chi connectivity index (χ3n) is 2.56. The summed E-state index contributed by atoms with van der Waals surface area (Å²) < 4.78 is 40.8. The molecule has 0 atom stereocenters. The van der Waals surface area contributed by atoms with E-state index in [2.05, 4.69) is 0 Å². The van der Waals surface area contributed by atoms with Crippen LogP contribution in [0.4, 0.5) is 4.39 Å². The summed E-state index contributed by atoms with van der Waals surface area (Å²) in [7, 11) is 1.36. The second-order valence-corrected chi connectivity index (χ2v) is 7.45. The van der Waals surface area contributed by atoms with Crippen molar-refractivity contribution in [2.75, 3.05) is 0 Å². The van der Waals surface area contributed by atoms with Gasteiger partial charge in [0.05, 0.1) is 14.9 Å². The molecule has 0 N–H and O–H groups in total. The molecule has 0 aliphatic carbocycles. The molecular formula is C13H8Cl3FO3S. The summed E-state index contributed by atoms with van der Waals surface area (Å²) in [5.74, 6) is -0.240. The van der Waals surface area contributed by atoms with E-state index in [1.54, 1.807) is 0 Å². The van der Waals surface area contributed by atoms with E-state index in [1.807, 2.05) is 0 Å². The Bertz CT molecular complexity index is 778. The van der Waals surface area contributed by atoms with Gasteiger partial charge in [-0.25, -0.2) is 12.8 Å². The quantitative estimate of drug-likeness (QED) is 0.737. The zero-order chi connectivity index (χ0) is 15.6. The standard InChI is InChI=1S/C13H8Cl3FO3S/c14-10-5-8(1-3-12(10)17)7-20-13-4-2-9(6-11(13)15)21(16,18)19/h1-6H,7H2. The fourth-order valence-corrected chi connectivity index (χ4v) is 2.82. The summed E-state index contributed by atoms with van der Waals surface area (Å²) >= 11 is 11.6. The van der Waals surface area contributed by atoms with Crippen LogP contribution in [0.2, 0.25) is 10.0 Å². The summed E-state index contributed by atoms with van der Waals surface area (Å²) in [5.41, 5.74) is 0.645. The van der Waals surface area contributed by atoms with Gasteiger partial charge in [0.1, 0.15) is 18.2 Å². The number of hydrogen-bond donors (Lipinski definition) is 0. The van der Waals surface area contributed by atoms with Crippen LogP contribution in [-0.2, 0) is 15.7 Å². The van der Waals surface area contributed by atoms with Crippen molar-refractivity contribution >= 4 is 42.9 Å². The van der Waals surface area contributed by atoms with Crippen LogP contribution in [-0.4, -0.2) is 8.42 Å². The molecule has 2 aromatic rings. The molecule has 0 bridgehead atoms. The van der Waals surface area contributed by atoms with Gasteiger partial charge >= 0.3 is 0 Å². The molecule has 0 saturated carbocycles. The van der Waals surface area contributed by atoms with E-state index < -0.39 is 14.9 Å². The Kier molecular flexibility index (Phi) is 4.99. The Labute approximate surface area is 135 Å². The van der Waals surface area contributed by atoms with Gasteiger partial charge in [0, 0.05) is 10.7 Å². The SMILES string of the molecule is O=S(=O)(Cl)c1ccc(OCc2ccc(F)c(Cl)c2)c(Cl)c1. The predicted octanol–water partition coefficient (Wildman–Crippen LogP) is 4.64. The van der Waals surface area contributed by atoms with Crippen LogP contribution >= 0.6 is 33.9 Å². The van der Waals surface area contributed by atoms with Crippen LogP contribution < -0.4 is 4.74 Å². The highest BCUT2D eigenvalue weighted by molar-refractivity contribution is 8.13. The molecule has 0 fully saturated rings. The number of rotatable bonds is 4. The van der Waals surface area contributed by atoms with Crippen molar-refractivity contribution < 1.29 is 17.5 Å². The monoisotopic (exact) mass is 368 g/mol. The van der Waals surface area contributed by atoms with Crippen molar-refractivity contribution in [1.29, 1.82) is 0 Å². The van der Waals surface area contributed by atoms with Gasteiger partial charge in [0.25, 0.3) is 9.05 Å². The molecule has 0 amide bonds. The van der Waals surface area contributed by atoms with Crippen LogP contribution in [0.5, 0.6) is 5.75 Å². The fourth-order valence-electron chi connectivity index (χ4n) is 1.54. The highest BCUT2D eigenvalue weighted by Crippen LogP contribution is 2.29. The van der Waals surface area contributed by atoms with Gasteiger partial charge in [-0.1, -0.05) is 29.3 Å². The first-order valence-corrected chi connectivity index (χ1v) is 8.65. The van der Waals surface area contributed by atoms with E-state index in [0.29, 0.717) is 5.56 Å². The molecule has 0 spiro atoms. The van der Waals surface area contributed by atoms with Crippen LogP contribution in [0.1, 0.15) is 5.56 Å². The first-order valence-electron chi connectivity index (χ1n) is 5.58. The third kappa shape index (κ3) is 4.23. The molecule has 0 aromatic heterocycles. The second kappa shape index (κ2) is 6.40. The lowest BCUT2D eigenvalue weighted by Crippen LogP contribution is -1.98. The topological polar surface area (TPSA) is 43.4 Å². The van der Waals surface area contributed by atoms with Crippen molar-refractivity contribution in [2.24, 2.45) is 0 Å². The molecule has 3 nitrogen and oxygen atoms in total. The average molecular weight is 370 g/mol. The molecule has 21 heavy (non-hydrogen) atoms. The van der Waals surface area contributed by atoms with E-state index in [9.17, 15) is 12.8 Å². The number of halogens is 4. The number of hydrogen-bond acceptors (Lipinski definition) is 3. The molecule has 2 rings (SSSR count). The van der Waals surface area contributed by atoms with Gasteiger partial charge < -0.3 is 4.74 Å².